The molecule has 1 aromatic carbocycles. The Morgan fingerprint density at radius 3 is 2.73 bits per heavy atom. The smallest absolute Gasteiger partial charge is 0.164 e. The third-order valence-electron chi connectivity index (χ3n) is 3.11. The second kappa shape index (κ2) is 3.42. The number of nitrogens with two attached hydrogens (primary N) is 1. The average Bonchev–Trinajstić information content (AvgIpc) is 2.61. The fraction of sp³-hybridized carbons (Fsp3) is 0.500. The summed E-state index contributed by atoms with van der Waals surface area (Å²) in [6.07, 6.45) is 2.81. The highest BCUT2D eigenvalue weighted by Crippen LogP contribution is 2.40. The molecule has 15 heavy (non-hydrogen) atoms. The first-order chi connectivity index (χ1) is 7.34. The van der Waals surface area contributed by atoms with Crippen molar-refractivity contribution in [2.75, 3.05) is 13.2 Å². The van der Waals surface area contributed by atoms with Gasteiger partial charge in [-0.15, -0.1) is 0 Å². The van der Waals surface area contributed by atoms with E-state index in [1.807, 2.05) is 0 Å². The Balaban J connectivity index is 2.07. The highest BCUT2D eigenvalue weighted by atomic mass is 16.5. The van der Waals surface area contributed by atoms with Gasteiger partial charge in [-0.3, -0.25) is 0 Å². The minimum Gasteiger partial charge on any atom is -0.489 e. The number of hydrogen-bond donors (Lipinski definition) is 1. The topological polar surface area (TPSA) is 44.5 Å². The molecule has 3 heteroatoms. The van der Waals surface area contributed by atoms with E-state index in [-0.39, 0.29) is 6.04 Å². The van der Waals surface area contributed by atoms with E-state index in [1.165, 1.54) is 11.1 Å². The zero-order valence-electron chi connectivity index (χ0n) is 8.66. The SMILES string of the molecule is NC1CCOc2c(ccc3c2OCC3)C1. The van der Waals surface area contributed by atoms with Gasteiger partial charge in [0.15, 0.2) is 11.5 Å². The number of rotatable bonds is 0. The van der Waals surface area contributed by atoms with Crippen LogP contribution in [0.2, 0.25) is 0 Å². The summed E-state index contributed by atoms with van der Waals surface area (Å²) in [6, 6.07) is 4.49. The summed E-state index contributed by atoms with van der Waals surface area (Å²) in [4.78, 5) is 0. The lowest BCUT2D eigenvalue weighted by Gasteiger charge is -2.11. The molecule has 1 atom stereocenters. The van der Waals surface area contributed by atoms with Crippen LogP contribution in [-0.4, -0.2) is 19.3 Å². The summed E-state index contributed by atoms with van der Waals surface area (Å²) in [5.74, 6) is 1.90. The van der Waals surface area contributed by atoms with Crippen molar-refractivity contribution >= 4 is 0 Å². The van der Waals surface area contributed by atoms with Crippen LogP contribution in [0.3, 0.4) is 0 Å². The molecule has 0 fully saturated rings. The minimum absolute atomic E-state index is 0.214. The van der Waals surface area contributed by atoms with Crippen LogP contribution in [0.4, 0.5) is 0 Å². The van der Waals surface area contributed by atoms with E-state index < -0.39 is 0 Å². The van der Waals surface area contributed by atoms with Crippen LogP contribution in [-0.2, 0) is 12.8 Å². The highest BCUT2D eigenvalue weighted by molar-refractivity contribution is 5.54. The molecule has 3 nitrogen and oxygen atoms in total. The van der Waals surface area contributed by atoms with Gasteiger partial charge in [-0.25, -0.2) is 0 Å². The Hall–Kier alpha value is -1.22. The van der Waals surface area contributed by atoms with Gasteiger partial charge in [-0.05, 0) is 18.4 Å². The van der Waals surface area contributed by atoms with Crippen molar-refractivity contribution in [1.82, 2.24) is 0 Å². The molecule has 0 bridgehead atoms. The zero-order chi connectivity index (χ0) is 10.3. The molecule has 0 spiro atoms. The zero-order valence-corrected chi connectivity index (χ0v) is 8.66. The number of hydrogen-bond acceptors (Lipinski definition) is 3. The third-order valence-corrected chi connectivity index (χ3v) is 3.11. The minimum atomic E-state index is 0.214. The molecule has 0 radical (unpaired) electrons. The first kappa shape index (κ1) is 9.04. The lowest BCUT2D eigenvalue weighted by atomic mass is 10.0. The summed E-state index contributed by atoms with van der Waals surface area (Å²) in [5.41, 5.74) is 8.44. The van der Waals surface area contributed by atoms with Crippen LogP contribution in [0.15, 0.2) is 12.1 Å². The maximum absolute atomic E-state index is 5.97. The van der Waals surface area contributed by atoms with Gasteiger partial charge in [0.2, 0.25) is 0 Å². The van der Waals surface area contributed by atoms with Crippen molar-refractivity contribution in [3.63, 3.8) is 0 Å². The molecule has 2 heterocycles. The van der Waals surface area contributed by atoms with E-state index >= 15 is 0 Å². The van der Waals surface area contributed by atoms with Crippen molar-refractivity contribution in [3.05, 3.63) is 23.3 Å². The van der Waals surface area contributed by atoms with Gasteiger partial charge in [-0.1, -0.05) is 12.1 Å². The third kappa shape index (κ3) is 1.47. The van der Waals surface area contributed by atoms with Gasteiger partial charge in [0.1, 0.15) is 0 Å². The summed E-state index contributed by atoms with van der Waals surface area (Å²) < 4.78 is 11.4. The predicted molar refractivity (Wildman–Crippen MR) is 57.4 cm³/mol. The lowest BCUT2D eigenvalue weighted by Crippen LogP contribution is -2.22. The van der Waals surface area contributed by atoms with E-state index in [0.29, 0.717) is 6.61 Å². The Morgan fingerprint density at radius 2 is 1.80 bits per heavy atom. The van der Waals surface area contributed by atoms with Gasteiger partial charge in [-0.2, -0.15) is 0 Å². The van der Waals surface area contributed by atoms with Crippen LogP contribution in [0.5, 0.6) is 11.5 Å². The van der Waals surface area contributed by atoms with Crippen LogP contribution in [0, 0.1) is 0 Å². The maximum atomic E-state index is 5.97. The fourth-order valence-corrected chi connectivity index (χ4v) is 2.28. The van der Waals surface area contributed by atoms with E-state index in [2.05, 4.69) is 12.1 Å². The molecule has 2 aliphatic heterocycles. The summed E-state index contributed by atoms with van der Waals surface area (Å²) >= 11 is 0. The fourth-order valence-electron chi connectivity index (χ4n) is 2.28. The van der Waals surface area contributed by atoms with Crippen LogP contribution < -0.4 is 15.2 Å². The quantitative estimate of drug-likeness (QED) is 0.693. The van der Waals surface area contributed by atoms with Gasteiger partial charge in [0, 0.05) is 18.0 Å². The average molecular weight is 205 g/mol. The largest absolute Gasteiger partial charge is 0.489 e. The molecule has 3 rings (SSSR count). The first-order valence-corrected chi connectivity index (χ1v) is 5.50. The second-order valence-electron chi connectivity index (χ2n) is 4.24. The molecule has 2 aliphatic rings. The lowest BCUT2D eigenvalue weighted by molar-refractivity contribution is 0.282. The Bertz CT molecular complexity index is 389. The molecule has 0 saturated carbocycles. The molecule has 2 N–H and O–H groups in total. The van der Waals surface area contributed by atoms with Crippen molar-refractivity contribution < 1.29 is 9.47 Å². The number of fused-ring (bicyclic) bond motifs is 3. The van der Waals surface area contributed by atoms with Crippen LogP contribution in [0.25, 0.3) is 0 Å². The molecule has 0 saturated heterocycles. The molecule has 1 unspecified atom stereocenters. The van der Waals surface area contributed by atoms with E-state index in [1.54, 1.807) is 0 Å². The Labute approximate surface area is 89.2 Å². The maximum Gasteiger partial charge on any atom is 0.164 e. The van der Waals surface area contributed by atoms with Crippen LogP contribution in [0.1, 0.15) is 17.5 Å². The summed E-state index contributed by atoms with van der Waals surface area (Å²) in [5, 5.41) is 0. The summed E-state index contributed by atoms with van der Waals surface area (Å²) in [6.45, 7) is 1.48. The van der Waals surface area contributed by atoms with Gasteiger partial charge < -0.3 is 15.2 Å². The molecule has 1 aromatic rings. The monoisotopic (exact) mass is 205 g/mol. The molecular formula is C12H15NO2. The number of benzene rings is 1. The van der Waals surface area contributed by atoms with Gasteiger partial charge >= 0.3 is 0 Å². The van der Waals surface area contributed by atoms with Crippen molar-refractivity contribution in [2.24, 2.45) is 5.73 Å². The molecule has 0 aromatic heterocycles. The van der Waals surface area contributed by atoms with Crippen molar-refractivity contribution in [3.8, 4) is 11.5 Å². The Morgan fingerprint density at radius 1 is 1.07 bits per heavy atom. The highest BCUT2D eigenvalue weighted by Gasteiger charge is 2.23. The van der Waals surface area contributed by atoms with Crippen molar-refractivity contribution in [1.29, 1.82) is 0 Å². The van der Waals surface area contributed by atoms with Crippen molar-refractivity contribution in [2.45, 2.75) is 25.3 Å². The van der Waals surface area contributed by atoms with Gasteiger partial charge in [0.25, 0.3) is 0 Å². The normalized spacial score (nSPS) is 23.4. The molecule has 0 amide bonds. The van der Waals surface area contributed by atoms with E-state index in [0.717, 1.165) is 37.4 Å². The molecule has 80 valence electrons. The van der Waals surface area contributed by atoms with E-state index in [9.17, 15) is 0 Å². The predicted octanol–water partition coefficient (Wildman–Crippen LogP) is 1.27. The Kier molecular flexibility index (Phi) is 2.06. The van der Waals surface area contributed by atoms with Gasteiger partial charge in [0.05, 0.1) is 13.2 Å². The van der Waals surface area contributed by atoms with E-state index in [4.69, 9.17) is 15.2 Å². The molecule has 0 aliphatic carbocycles. The first-order valence-electron chi connectivity index (χ1n) is 5.50. The standard InChI is InChI=1S/C12H15NO2/c13-10-4-6-15-12-9(7-10)2-1-8-3-5-14-11(8)12/h1-2,10H,3-7,13H2. The second-order valence-corrected chi connectivity index (χ2v) is 4.24. The number of ether oxygens (including phenoxy) is 2. The molecular weight excluding hydrogens is 190 g/mol. The van der Waals surface area contributed by atoms with Crippen LogP contribution >= 0.6 is 0 Å². The summed E-state index contributed by atoms with van der Waals surface area (Å²) in [7, 11) is 0.